The number of carbonyl (C=O) groups excluding carboxylic acids is 1. The molecule has 0 radical (unpaired) electrons. The van der Waals surface area contributed by atoms with Crippen molar-refractivity contribution in [2.75, 3.05) is 0 Å². The molecule has 0 amide bonds. The van der Waals surface area contributed by atoms with Crippen molar-refractivity contribution >= 4 is 16.4 Å². The summed E-state index contributed by atoms with van der Waals surface area (Å²) < 4.78 is 38.7. The maximum atomic E-state index is 10.9. The van der Waals surface area contributed by atoms with Crippen molar-refractivity contribution in [1.82, 2.24) is 0 Å². The van der Waals surface area contributed by atoms with Crippen LogP contribution in [0.15, 0.2) is 12.0 Å². The molecule has 0 atom stereocenters. The average Bonchev–Trinajstić information content (AvgIpc) is 2.49. The first-order chi connectivity index (χ1) is 11.8. The van der Waals surface area contributed by atoms with E-state index >= 15 is 0 Å². The molecule has 1 N–H and O–H groups in total. The third-order valence-electron chi connectivity index (χ3n) is 3.80. The molecule has 0 aliphatic rings. The quantitative estimate of drug-likeness (QED) is 0.170. The number of hydrogen-bond donors (Lipinski definition) is 1. The van der Waals surface area contributed by atoms with Crippen LogP contribution in [0.4, 0.5) is 0 Å². The number of esters is 1. The molecule has 0 saturated carbocycles. The highest BCUT2D eigenvalue weighted by Crippen LogP contribution is 2.13. The highest BCUT2D eigenvalue weighted by molar-refractivity contribution is 7.81. The molecule has 0 spiro atoms. The fraction of sp³-hybridized carbons (Fsp3) is 0.833. The molecule has 0 heterocycles. The van der Waals surface area contributed by atoms with Crippen molar-refractivity contribution in [3.8, 4) is 0 Å². The average molecular weight is 379 g/mol. The number of allylic oxidation sites excluding steroid dienone is 1. The highest BCUT2D eigenvalue weighted by atomic mass is 32.3. The second kappa shape index (κ2) is 15.2. The minimum atomic E-state index is -4.68. The van der Waals surface area contributed by atoms with E-state index in [1.807, 2.05) is 0 Å². The van der Waals surface area contributed by atoms with Crippen LogP contribution in [0.5, 0.6) is 0 Å². The van der Waals surface area contributed by atoms with Crippen LogP contribution in [0.3, 0.4) is 0 Å². The zero-order valence-electron chi connectivity index (χ0n) is 15.7. The molecule has 0 aromatic rings. The monoisotopic (exact) mass is 378 g/mol. The van der Waals surface area contributed by atoms with E-state index in [1.54, 1.807) is 0 Å². The van der Waals surface area contributed by atoms with Crippen molar-refractivity contribution in [3.05, 3.63) is 12.0 Å². The lowest BCUT2D eigenvalue weighted by molar-refractivity contribution is -0.140. The topological polar surface area (TPSA) is 89.9 Å². The van der Waals surface area contributed by atoms with E-state index in [-0.39, 0.29) is 0 Å². The Hall–Kier alpha value is -1.08. The summed E-state index contributed by atoms with van der Waals surface area (Å²) in [6, 6.07) is 0. The smallest absolute Gasteiger partial charge is 0.392 e. The van der Waals surface area contributed by atoms with Gasteiger partial charge in [0.25, 0.3) is 0 Å². The van der Waals surface area contributed by atoms with Crippen LogP contribution in [-0.2, 0) is 24.1 Å². The zero-order valence-corrected chi connectivity index (χ0v) is 16.5. The first-order valence-electron chi connectivity index (χ1n) is 9.40. The van der Waals surface area contributed by atoms with Crippen LogP contribution in [0, 0.1) is 0 Å². The zero-order chi connectivity index (χ0) is 19.0. The summed E-state index contributed by atoms with van der Waals surface area (Å²) in [6.45, 7) is 3.36. The highest BCUT2D eigenvalue weighted by Gasteiger charge is 2.12. The molecular formula is C18H34O6S. The van der Waals surface area contributed by atoms with Crippen molar-refractivity contribution in [2.24, 2.45) is 0 Å². The van der Waals surface area contributed by atoms with Crippen LogP contribution in [0.2, 0.25) is 0 Å². The summed E-state index contributed by atoms with van der Waals surface area (Å²) in [4.78, 5) is 10.9. The minimum Gasteiger partial charge on any atom is -0.392 e. The predicted molar refractivity (Wildman–Crippen MR) is 98.2 cm³/mol. The maximum absolute atomic E-state index is 10.9. The van der Waals surface area contributed by atoms with Crippen molar-refractivity contribution in [2.45, 2.75) is 97.3 Å². The van der Waals surface area contributed by atoms with Crippen LogP contribution >= 0.6 is 0 Å². The Balaban J connectivity index is 3.66. The third kappa shape index (κ3) is 19.1. The second-order valence-electron chi connectivity index (χ2n) is 6.31. The molecule has 0 unspecified atom stereocenters. The second-order valence-corrected chi connectivity index (χ2v) is 7.33. The summed E-state index contributed by atoms with van der Waals surface area (Å²) in [7, 11) is -4.68. The Labute approximate surface area is 152 Å². The summed E-state index contributed by atoms with van der Waals surface area (Å²) in [5.41, 5.74) is 0. The van der Waals surface area contributed by atoms with Gasteiger partial charge in [-0.1, -0.05) is 77.6 Å². The van der Waals surface area contributed by atoms with Gasteiger partial charge in [-0.05, 0) is 18.9 Å². The van der Waals surface area contributed by atoms with Gasteiger partial charge in [0, 0.05) is 6.92 Å². The summed E-state index contributed by atoms with van der Waals surface area (Å²) in [6.07, 6.45) is 16.7. The standard InChI is InChI=1S/C18H34O6S/c1-3-4-5-6-7-8-9-10-11-12-13-14-15-16-18(23-17(2)19)24-25(20,21)22/h16H,3-15H2,1-2H3,(H,20,21,22)/b18-16+. The lowest BCUT2D eigenvalue weighted by Gasteiger charge is -2.06. The fourth-order valence-electron chi connectivity index (χ4n) is 2.54. The predicted octanol–water partition coefficient (Wildman–Crippen LogP) is 5.30. The van der Waals surface area contributed by atoms with E-state index in [1.165, 1.54) is 63.9 Å². The molecule has 25 heavy (non-hydrogen) atoms. The van der Waals surface area contributed by atoms with Gasteiger partial charge in [0.2, 0.25) is 0 Å². The van der Waals surface area contributed by atoms with E-state index in [9.17, 15) is 13.2 Å². The van der Waals surface area contributed by atoms with E-state index < -0.39 is 22.3 Å². The van der Waals surface area contributed by atoms with Gasteiger partial charge in [0.05, 0.1) is 0 Å². The van der Waals surface area contributed by atoms with Gasteiger partial charge in [-0.2, -0.15) is 8.42 Å². The Morgan fingerprint density at radius 3 is 1.72 bits per heavy atom. The fourth-order valence-corrected chi connectivity index (χ4v) is 2.85. The molecular weight excluding hydrogens is 344 g/mol. The lowest BCUT2D eigenvalue weighted by atomic mass is 10.0. The Morgan fingerprint density at radius 1 is 0.880 bits per heavy atom. The number of hydrogen-bond acceptors (Lipinski definition) is 5. The Morgan fingerprint density at radius 2 is 1.32 bits per heavy atom. The number of carbonyl (C=O) groups is 1. The number of rotatable bonds is 16. The van der Waals surface area contributed by atoms with Crippen molar-refractivity contribution < 1.29 is 26.7 Å². The number of unbranched alkanes of at least 4 members (excludes halogenated alkanes) is 12. The van der Waals surface area contributed by atoms with E-state index in [4.69, 9.17) is 4.55 Å². The van der Waals surface area contributed by atoms with Crippen molar-refractivity contribution in [3.63, 3.8) is 0 Å². The van der Waals surface area contributed by atoms with Gasteiger partial charge >= 0.3 is 22.3 Å². The van der Waals surface area contributed by atoms with Gasteiger partial charge in [0.1, 0.15) is 0 Å². The molecule has 7 heteroatoms. The van der Waals surface area contributed by atoms with Crippen molar-refractivity contribution in [1.29, 1.82) is 0 Å². The minimum absolute atomic E-state index is 0.488. The molecule has 0 saturated heterocycles. The summed E-state index contributed by atoms with van der Waals surface area (Å²) >= 11 is 0. The van der Waals surface area contributed by atoms with Crippen LogP contribution in [-0.4, -0.2) is 18.9 Å². The largest absolute Gasteiger partial charge is 0.449 e. The number of ether oxygens (including phenoxy) is 1. The molecule has 0 bridgehead atoms. The normalized spacial score (nSPS) is 12.2. The molecule has 6 nitrogen and oxygen atoms in total. The van der Waals surface area contributed by atoms with E-state index in [0.717, 1.165) is 26.2 Å². The van der Waals surface area contributed by atoms with Crippen LogP contribution < -0.4 is 0 Å². The van der Waals surface area contributed by atoms with Gasteiger partial charge in [-0.25, -0.2) is 0 Å². The summed E-state index contributed by atoms with van der Waals surface area (Å²) in [5.74, 6) is -1.19. The Bertz CT molecular complexity index is 470. The Kier molecular flexibility index (Phi) is 14.5. The summed E-state index contributed by atoms with van der Waals surface area (Å²) in [5, 5.41) is 0. The van der Waals surface area contributed by atoms with Gasteiger partial charge in [-0.3, -0.25) is 9.35 Å². The van der Waals surface area contributed by atoms with Gasteiger partial charge in [-0.15, -0.1) is 0 Å². The first kappa shape index (κ1) is 23.9. The molecule has 0 aromatic carbocycles. The molecule has 0 fully saturated rings. The lowest BCUT2D eigenvalue weighted by Crippen LogP contribution is -2.08. The molecule has 0 aliphatic heterocycles. The van der Waals surface area contributed by atoms with Gasteiger partial charge in [0.15, 0.2) is 0 Å². The molecule has 148 valence electrons. The first-order valence-corrected chi connectivity index (χ1v) is 10.8. The molecule has 0 aromatic heterocycles. The van der Waals surface area contributed by atoms with E-state index in [0.29, 0.717) is 6.42 Å². The third-order valence-corrected chi connectivity index (χ3v) is 4.18. The molecule has 0 rings (SSSR count). The molecule has 0 aliphatic carbocycles. The van der Waals surface area contributed by atoms with Crippen LogP contribution in [0.25, 0.3) is 0 Å². The van der Waals surface area contributed by atoms with Crippen LogP contribution in [0.1, 0.15) is 97.3 Å². The van der Waals surface area contributed by atoms with Gasteiger partial charge < -0.3 is 8.92 Å². The maximum Gasteiger partial charge on any atom is 0.449 e. The van der Waals surface area contributed by atoms with E-state index in [2.05, 4.69) is 15.8 Å². The SMILES string of the molecule is CCCCCCCCCCCCCC/C=C(\OC(C)=O)OS(=O)(=O)O.